The lowest BCUT2D eigenvalue weighted by molar-refractivity contribution is 0.0946. The summed E-state index contributed by atoms with van der Waals surface area (Å²) in [6.07, 6.45) is 1.82. The van der Waals surface area contributed by atoms with Crippen LogP contribution in [0.1, 0.15) is 21.6 Å². The highest BCUT2D eigenvalue weighted by Gasteiger charge is 2.12. The Hall–Kier alpha value is -1.82. The van der Waals surface area contributed by atoms with Crippen LogP contribution >= 0.6 is 12.6 Å². The van der Waals surface area contributed by atoms with Gasteiger partial charge >= 0.3 is 0 Å². The first kappa shape index (κ1) is 13.6. The maximum atomic E-state index is 13.5. The van der Waals surface area contributed by atoms with Crippen LogP contribution in [0.4, 0.5) is 4.39 Å². The van der Waals surface area contributed by atoms with E-state index in [2.05, 4.69) is 23.0 Å². The van der Waals surface area contributed by atoms with Gasteiger partial charge in [-0.05, 0) is 25.1 Å². The number of rotatable bonds is 3. The van der Waals surface area contributed by atoms with Crippen LogP contribution in [0.15, 0.2) is 29.3 Å². The molecule has 0 aliphatic heterocycles. The number of halogens is 1. The first-order valence-electron chi connectivity index (χ1n) is 5.73. The molecular formula is C13H14FN3OS. The summed E-state index contributed by atoms with van der Waals surface area (Å²) >= 11 is 4.09. The van der Waals surface area contributed by atoms with Crippen molar-refractivity contribution < 1.29 is 9.18 Å². The van der Waals surface area contributed by atoms with Crippen molar-refractivity contribution >= 4 is 18.5 Å². The minimum Gasteiger partial charge on any atom is -0.348 e. The summed E-state index contributed by atoms with van der Waals surface area (Å²) in [5.41, 5.74) is 1.73. The van der Waals surface area contributed by atoms with Crippen molar-refractivity contribution in [2.75, 3.05) is 0 Å². The fourth-order valence-electron chi connectivity index (χ4n) is 1.78. The van der Waals surface area contributed by atoms with E-state index >= 15 is 0 Å². The standard InChI is InChI=1S/C13H14FN3OS/c1-8-9(7-17(2)16-8)6-15-13(18)11-5-10(19)3-4-12(11)14/h3-5,7,19H,6H2,1-2H3,(H,15,18). The lowest BCUT2D eigenvalue weighted by Crippen LogP contribution is -2.24. The SMILES string of the molecule is Cc1nn(C)cc1CNC(=O)c1cc(S)ccc1F. The molecule has 100 valence electrons. The van der Waals surface area contributed by atoms with Crippen LogP contribution in [-0.4, -0.2) is 15.7 Å². The van der Waals surface area contributed by atoms with Crippen LogP contribution in [0.25, 0.3) is 0 Å². The van der Waals surface area contributed by atoms with E-state index in [-0.39, 0.29) is 5.56 Å². The number of aryl methyl sites for hydroxylation is 2. The molecular weight excluding hydrogens is 265 g/mol. The zero-order chi connectivity index (χ0) is 14.0. The summed E-state index contributed by atoms with van der Waals surface area (Å²) in [4.78, 5) is 12.4. The molecule has 0 unspecified atom stereocenters. The average molecular weight is 279 g/mol. The van der Waals surface area contributed by atoms with E-state index < -0.39 is 11.7 Å². The molecule has 0 saturated carbocycles. The molecule has 0 atom stereocenters. The third kappa shape index (κ3) is 3.14. The van der Waals surface area contributed by atoms with Gasteiger partial charge in [0, 0.05) is 30.2 Å². The second-order valence-corrected chi connectivity index (χ2v) is 4.78. The molecule has 0 radical (unpaired) electrons. The Labute approximate surface area is 116 Å². The Morgan fingerprint density at radius 2 is 2.26 bits per heavy atom. The van der Waals surface area contributed by atoms with Crippen molar-refractivity contribution in [2.24, 2.45) is 7.05 Å². The molecule has 1 aromatic heterocycles. The van der Waals surface area contributed by atoms with Crippen molar-refractivity contribution in [2.45, 2.75) is 18.4 Å². The summed E-state index contributed by atoms with van der Waals surface area (Å²) in [6.45, 7) is 2.17. The van der Waals surface area contributed by atoms with Crippen molar-refractivity contribution in [3.8, 4) is 0 Å². The first-order chi connectivity index (χ1) is 8.97. The highest BCUT2D eigenvalue weighted by molar-refractivity contribution is 7.80. The van der Waals surface area contributed by atoms with Crippen molar-refractivity contribution in [3.63, 3.8) is 0 Å². The molecule has 2 aromatic rings. The lowest BCUT2D eigenvalue weighted by Gasteiger charge is -2.06. The smallest absolute Gasteiger partial charge is 0.254 e. The van der Waals surface area contributed by atoms with Gasteiger partial charge in [0.05, 0.1) is 11.3 Å². The normalized spacial score (nSPS) is 10.5. The first-order valence-corrected chi connectivity index (χ1v) is 6.18. The predicted molar refractivity (Wildman–Crippen MR) is 72.8 cm³/mol. The summed E-state index contributed by atoms with van der Waals surface area (Å²) in [5, 5.41) is 6.84. The fourth-order valence-corrected chi connectivity index (χ4v) is 1.98. The van der Waals surface area contributed by atoms with Crippen LogP contribution in [0.5, 0.6) is 0 Å². The number of carbonyl (C=O) groups is 1. The lowest BCUT2D eigenvalue weighted by atomic mass is 10.2. The van der Waals surface area contributed by atoms with E-state index in [1.165, 1.54) is 18.2 Å². The summed E-state index contributed by atoms with van der Waals surface area (Å²) < 4.78 is 15.2. The zero-order valence-electron chi connectivity index (χ0n) is 10.6. The van der Waals surface area contributed by atoms with Gasteiger partial charge in [-0.2, -0.15) is 5.10 Å². The topological polar surface area (TPSA) is 46.9 Å². The Balaban J connectivity index is 2.09. The summed E-state index contributed by atoms with van der Waals surface area (Å²) in [5.74, 6) is -1.02. The van der Waals surface area contributed by atoms with Crippen LogP contribution < -0.4 is 5.32 Å². The van der Waals surface area contributed by atoms with Gasteiger partial charge in [-0.1, -0.05) is 0 Å². The van der Waals surface area contributed by atoms with Gasteiger partial charge in [-0.15, -0.1) is 12.6 Å². The van der Waals surface area contributed by atoms with Gasteiger partial charge in [0.25, 0.3) is 5.91 Å². The van der Waals surface area contributed by atoms with E-state index in [4.69, 9.17) is 0 Å². The van der Waals surface area contributed by atoms with Crippen LogP contribution in [-0.2, 0) is 13.6 Å². The van der Waals surface area contributed by atoms with Gasteiger partial charge in [0.1, 0.15) is 5.82 Å². The third-order valence-electron chi connectivity index (χ3n) is 2.75. The Morgan fingerprint density at radius 1 is 1.53 bits per heavy atom. The molecule has 0 bridgehead atoms. The molecule has 1 aromatic carbocycles. The highest BCUT2D eigenvalue weighted by atomic mass is 32.1. The van der Waals surface area contributed by atoms with Crippen LogP contribution in [0, 0.1) is 12.7 Å². The maximum absolute atomic E-state index is 13.5. The zero-order valence-corrected chi connectivity index (χ0v) is 11.5. The van der Waals surface area contributed by atoms with E-state index in [1.54, 1.807) is 4.68 Å². The number of benzene rings is 1. The number of nitrogens with one attached hydrogen (secondary N) is 1. The molecule has 0 aliphatic carbocycles. The molecule has 0 fully saturated rings. The quantitative estimate of drug-likeness (QED) is 0.845. The average Bonchev–Trinajstić information content (AvgIpc) is 2.68. The number of hydrogen-bond donors (Lipinski definition) is 2. The van der Waals surface area contributed by atoms with E-state index in [0.29, 0.717) is 11.4 Å². The molecule has 4 nitrogen and oxygen atoms in total. The number of hydrogen-bond acceptors (Lipinski definition) is 3. The van der Waals surface area contributed by atoms with Gasteiger partial charge < -0.3 is 5.32 Å². The molecule has 1 N–H and O–H groups in total. The number of carbonyl (C=O) groups excluding carboxylic acids is 1. The largest absolute Gasteiger partial charge is 0.348 e. The second kappa shape index (κ2) is 5.44. The Kier molecular flexibility index (Phi) is 3.90. The van der Waals surface area contributed by atoms with Crippen LogP contribution in [0.3, 0.4) is 0 Å². The molecule has 19 heavy (non-hydrogen) atoms. The highest BCUT2D eigenvalue weighted by Crippen LogP contribution is 2.13. The van der Waals surface area contributed by atoms with Gasteiger partial charge in [0.2, 0.25) is 0 Å². The Morgan fingerprint density at radius 3 is 2.89 bits per heavy atom. The molecule has 1 amide bonds. The molecule has 0 spiro atoms. The minimum atomic E-state index is -0.557. The van der Waals surface area contributed by atoms with E-state index in [1.807, 2.05) is 20.2 Å². The van der Waals surface area contributed by atoms with Gasteiger partial charge in [0.15, 0.2) is 0 Å². The van der Waals surface area contributed by atoms with Crippen molar-refractivity contribution in [3.05, 3.63) is 47.0 Å². The summed E-state index contributed by atoms with van der Waals surface area (Å²) in [6, 6.07) is 4.14. The van der Waals surface area contributed by atoms with Crippen molar-refractivity contribution in [1.82, 2.24) is 15.1 Å². The van der Waals surface area contributed by atoms with Crippen molar-refractivity contribution in [1.29, 1.82) is 0 Å². The number of aromatic nitrogens is 2. The second-order valence-electron chi connectivity index (χ2n) is 4.26. The molecule has 1 heterocycles. The van der Waals surface area contributed by atoms with Gasteiger partial charge in [-0.3, -0.25) is 9.48 Å². The Bertz CT molecular complexity index is 624. The predicted octanol–water partition coefficient (Wildman–Crippen LogP) is 2.09. The number of amides is 1. The monoisotopic (exact) mass is 279 g/mol. The van der Waals surface area contributed by atoms with E-state index in [0.717, 1.165) is 11.3 Å². The fraction of sp³-hybridized carbons (Fsp3) is 0.231. The molecule has 0 saturated heterocycles. The number of thiol groups is 1. The molecule has 0 aliphatic rings. The maximum Gasteiger partial charge on any atom is 0.254 e. The minimum absolute atomic E-state index is 0.00552. The van der Waals surface area contributed by atoms with Gasteiger partial charge in [-0.25, -0.2) is 4.39 Å². The third-order valence-corrected chi connectivity index (χ3v) is 3.03. The molecule has 2 rings (SSSR count). The summed E-state index contributed by atoms with van der Waals surface area (Å²) in [7, 11) is 1.81. The van der Waals surface area contributed by atoms with Crippen LogP contribution in [0.2, 0.25) is 0 Å². The molecule has 6 heteroatoms. The van der Waals surface area contributed by atoms with E-state index in [9.17, 15) is 9.18 Å². The number of nitrogens with zero attached hydrogens (tertiary/aromatic N) is 2.